The monoisotopic (exact) mass is 303 g/mol. The van der Waals surface area contributed by atoms with E-state index in [9.17, 15) is 8.42 Å². The first-order valence-electron chi connectivity index (χ1n) is 6.26. The summed E-state index contributed by atoms with van der Waals surface area (Å²) in [5.41, 5.74) is 0. The van der Waals surface area contributed by atoms with Crippen molar-refractivity contribution in [3.05, 3.63) is 23.5 Å². The minimum absolute atomic E-state index is 0.0923. The molecule has 0 aromatic carbocycles. The molecule has 1 aliphatic heterocycles. The van der Waals surface area contributed by atoms with E-state index in [1.54, 1.807) is 0 Å². The Labute approximate surface area is 119 Å². The van der Waals surface area contributed by atoms with E-state index in [2.05, 4.69) is 23.7 Å². The first-order valence-corrected chi connectivity index (χ1v) is 8.08. The van der Waals surface area contributed by atoms with Gasteiger partial charge in [-0.05, 0) is 19.9 Å². The van der Waals surface area contributed by atoms with Gasteiger partial charge in [-0.15, -0.1) is 0 Å². The Hall–Kier alpha value is -0.690. The first kappa shape index (κ1) is 14.7. The van der Waals surface area contributed by atoms with E-state index >= 15 is 0 Å². The van der Waals surface area contributed by atoms with Gasteiger partial charge in [0.05, 0.1) is 5.02 Å². The van der Waals surface area contributed by atoms with Gasteiger partial charge < -0.3 is 0 Å². The third-order valence-electron chi connectivity index (χ3n) is 3.36. The van der Waals surface area contributed by atoms with Gasteiger partial charge in [-0.3, -0.25) is 9.88 Å². The van der Waals surface area contributed by atoms with Crippen molar-refractivity contribution in [3.8, 4) is 0 Å². The predicted molar refractivity (Wildman–Crippen MR) is 74.7 cm³/mol. The van der Waals surface area contributed by atoms with Crippen LogP contribution in [0.2, 0.25) is 5.02 Å². The van der Waals surface area contributed by atoms with E-state index < -0.39 is 10.0 Å². The second-order valence-electron chi connectivity index (χ2n) is 4.84. The van der Waals surface area contributed by atoms with Gasteiger partial charge in [0.15, 0.2) is 0 Å². The average Bonchev–Trinajstić information content (AvgIpc) is 2.39. The second-order valence-corrected chi connectivity index (χ2v) is 7.15. The van der Waals surface area contributed by atoms with Gasteiger partial charge in [0.2, 0.25) is 10.0 Å². The van der Waals surface area contributed by atoms with Crippen molar-refractivity contribution in [2.45, 2.75) is 24.8 Å². The van der Waals surface area contributed by atoms with Crippen LogP contribution in [0.15, 0.2) is 23.4 Å². The zero-order valence-electron chi connectivity index (χ0n) is 11.1. The summed E-state index contributed by atoms with van der Waals surface area (Å²) in [6.45, 7) is 6.70. The lowest BCUT2D eigenvalue weighted by Crippen LogP contribution is -2.50. The fourth-order valence-corrected chi connectivity index (χ4v) is 3.98. The van der Waals surface area contributed by atoms with Crippen LogP contribution in [0.1, 0.15) is 13.8 Å². The number of rotatable bonds is 3. The van der Waals surface area contributed by atoms with Gasteiger partial charge in [0.25, 0.3) is 0 Å². The van der Waals surface area contributed by atoms with Crippen molar-refractivity contribution < 1.29 is 8.42 Å². The lowest BCUT2D eigenvalue weighted by molar-refractivity contribution is 0.154. The highest BCUT2D eigenvalue weighted by atomic mass is 35.5. The lowest BCUT2D eigenvalue weighted by Gasteiger charge is -2.36. The molecular formula is C12H18ClN3O2S. The molecule has 1 aromatic rings. The molecule has 0 atom stereocenters. The maximum Gasteiger partial charge on any atom is 0.246 e. The van der Waals surface area contributed by atoms with Crippen molar-refractivity contribution in [1.82, 2.24) is 14.2 Å². The molecule has 0 radical (unpaired) electrons. The van der Waals surface area contributed by atoms with E-state index in [0.29, 0.717) is 19.1 Å². The fraction of sp³-hybridized carbons (Fsp3) is 0.583. The molecule has 19 heavy (non-hydrogen) atoms. The van der Waals surface area contributed by atoms with Gasteiger partial charge in [0, 0.05) is 44.6 Å². The van der Waals surface area contributed by atoms with E-state index in [1.807, 2.05) is 0 Å². The number of piperazine rings is 1. The molecule has 1 saturated heterocycles. The molecule has 0 saturated carbocycles. The van der Waals surface area contributed by atoms with Crippen LogP contribution < -0.4 is 0 Å². The largest absolute Gasteiger partial charge is 0.298 e. The van der Waals surface area contributed by atoms with Crippen LogP contribution in [0.4, 0.5) is 0 Å². The minimum atomic E-state index is -3.53. The Balaban J connectivity index is 2.17. The zero-order valence-corrected chi connectivity index (χ0v) is 12.7. The fourth-order valence-electron chi connectivity index (χ4n) is 2.15. The molecule has 0 amide bonds. The Bertz CT molecular complexity index is 540. The summed E-state index contributed by atoms with van der Waals surface area (Å²) in [6.07, 6.45) is 2.80. The smallest absolute Gasteiger partial charge is 0.246 e. The molecule has 1 aromatic heterocycles. The number of hydrogen-bond acceptors (Lipinski definition) is 4. The van der Waals surface area contributed by atoms with E-state index in [4.69, 9.17) is 11.6 Å². The minimum Gasteiger partial charge on any atom is -0.298 e. The molecular weight excluding hydrogens is 286 g/mol. The van der Waals surface area contributed by atoms with Gasteiger partial charge in [-0.2, -0.15) is 4.31 Å². The lowest BCUT2D eigenvalue weighted by atomic mass is 10.3. The maximum absolute atomic E-state index is 12.5. The van der Waals surface area contributed by atoms with Crippen LogP contribution in [-0.2, 0) is 10.0 Å². The molecule has 2 heterocycles. The van der Waals surface area contributed by atoms with Crippen LogP contribution in [0.3, 0.4) is 0 Å². The molecule has 1 aliphatic rings. The summed E-state index contributed by atoms with van der Waals surface area (Å²) >= 11 is 5.95. The van der Waals surface area contributed by atoms with Crippen LogP contribution in [0.25, 0.3) is 0 Å². The number of halogens is 1. The van der Waals surface area contributed by atoms with Crippen molar-refractivity contribution in [2.24, 2.45) is 0 Å². The summed E-state index contributed by atoms with van der Waals surface area (Å²) in [4.78, 5) is 6.20. The third-order valence-corrected chi connectivity index (χ3v) is 5.72. The second kappa shape index (κ2) is 5.75. The molecule has 0 spiro atoms. The highest BCUT2D eigenvalue weighted by Gasteiger charge is 2.30. The maximum atomic E-state index is 12.5. The molecule has 0 bridgehead atoms. The summed E-state index contributed by atoms with van der Waals surface area (Å²) < 4.78 is 26.4. The Morgan fingerprint density at radius 2 is 1.89 bits per heavy atom. The molecule has 0 unspecified atom stereocenters. The van der Waals surface area contributed by atoms with E-state index in [1.165, 1.54) is 22.8 Å². The van der Waals surface area contributed by atoms with Gasteiger partial charge >= 0.3 is 0 Å². The van der Waals surface area contributed by atoms with E-state index in [0.717, 1.165) is 13.1 Å². The number of nitrogens with zero attached hydrogens (tertiary/aromatic N) is 3. The molecule has 2 rings (SSSR count). The zero-order chi connectivity index (χ0) is 14.0. The summed E-state index contributed by atoms with van der Waals surface area (Å²) in [7, 11) is -3.53. The Morgan fingerprint density at radius 1 is 1.26 bits per heavy atom. The van der Waals surface area contributed by atoms with Crippen molar-refractivity contribution in [2.75, 3.05) is 26.2 Å². The normalized spacial score (nSPS) is 18.9. The van der Waals surface area contributed by atoms with Gasteiger partial charge in [0.1, 0.15) is 4.90 Å². The van der Waals surface area contributed by atoms with Crippen molar-refractivity contribution >= 4 is 21.6 Å². The van der Waals surface area contributed by atoms with Crippen molar-refractivity contribution in [3.63, 3.8) is 0 Å². The topological polar surface area (TPSA) is 53.5 Å². The summed E-state index contributed by atoms with van der Waals surface area (Å²) in [6, 6.07) is 1.94. The highest BCUT2D eigenvalue weighted by molar-refractivity contribution is 7.89. The SMILES string of the molecule is CC(C)N1CCN(S(=O)(=O)c2cnccc2Cl)CC1. The van der Waals surface area contributed by atoms with Crippen LogP contribution in [0, 0.1) is 0 Å². The molecule has 106 valence electrons. The highest BCUT2D eigenvalue weighted by Crippen LogP contribution is 2.24. The molecule has 0 N–H and O–H groups in total. The number of sulfonamides is 1. The van der Waals surface area contributed by atoms with Crippen molar-refractivity contribution in [1.29, 1.82) is 0 Å². The van der Waals surface area contributed by atoms with E-state index in [-0.39, 0.29) is 9.92 Å². The van der Waals surface area contributed by atoms with Gasteiger partial charge in [-0.1, -0.05) is 11.6 Å². The molecule has 7 heteroatoms. The number of aromatic nitrogens is 1. The summed E-state index contributed by atoms with van der Waals surface area (Å²) in [5.74, 6) is 0. The third kappa shape index (κ3) is 3.08. The van der Waals surface area contributed by atoms with Crippen LogP contribution in [0.5, 0.6) is 0 Å². The van der Waals surface area contributed by atoms with Gasteiger partial charge in [-0.25, -0.2) is 8.42 Å². The molecule has 1 fully saturated rings. The summed E-state index contributed by atoms with van der Waals surface area (Å²) in [5, 5.41) is 0.223. The Kier molecular flexibility index (Phi) is 4.45. The molecule has 0 aliphatic carbocycles. The standard InChI is InChI=1S/C12H18ClN3O2S/c1-10(2)15-5-7-16(8-6-15)19(17,18)12-9-14-4-3-11(12)13/h3-4,9-10H,5-8H2,1-2H3. The van der Waals surface area contributed by atoms with Crippen LogP contribution >= 0.6 is 11.6 Å². The van der Waals surface area contributed by atoms with Crippen LogP contribution in [-0.4, -0.2) is 54.8 Å². The number of pyridine rings is 1. The Morgan fingerprint density at radius 3 is 2.42 bits per heavy atom. The number of hydrogen-bond donors (Lipinski definition) is 0. The quantitative estimate of drug-likeness (QED) is 0.848. The molecule has 5 nitrogen and oxygen atoms in total. The average molecular weight is 304 g/mol. The first-order chi connectivity index (χ1) is 8.93. The predicted octanol–water partition coefficient (Wildman–Crippen LogP) is 1.45.